The molecule has 0 saturated carbocycles. The summed E-state index contributed by atoms with van der Waals surface area (Å²) in [7, 11) is 0. The monoisotopic (exact) mass is 235 g/mol. The number of nitrogens with two attached hydrogens (primary N) is 1. The zero-order valence-electron chi connectivity index (χ0n) is 9.60. The second kappa shape index (κ2) is 14.2. The molecule has 0 heterocycles. The molecule has 1 atom stereocenters. The van der Waals surface area contributed by atoms with Crippen molar-refractivity contribution in [2.45, 2.75) is 65.7 Å². The SMILES string of the molecule is C.CCCC(CCCCl)CCCCCN. The van der Waals surface area contributed by atoms with Crippen molar-refractivity contribution in [2.24, 2.45) is 11.7 Å². The summed E-state index contributed by atoms with van der Waals surface area (Å²) in [4.78, 5) is 0. The van der Waals surface area contributed by atoms with Crippen molar-refractivity contribution >= 4 is 11.6 Å². The van der Waals surface area contributed by atoms with E-state index < -0.39 is 0 Å². The van der Waals surface area contributed by atoms with Gasteiger partial charge in [-0.1, -0.05) is 46.5 Å². The number of halogens is 1. The molecule has 0 bridgehead atoms. The van der Waals surface area contributed by atoms with Gasteiger partial charge in [0.1, 0.15) is 0 Å². The van der Waals surface area contributed by atoms with Crippen LogP contribution >= 0.6 is 11.6 Å². The Morgan fingerprint density at radius 1 is 1.00 bits per heavy atom. The summed E-state index contributed by atoms with van der Waals surface area (Å²) >= 11 is 5.71. The van der Waals surface area contributed by atoms with E-state index in [1.54, 1.807) is 0 Å². The maximum absolute atomic E-state index is 5.71. The normalized spacial score (nSPS) is 12.2. The van der Waals surface area contributed by atoms with Crippen molar-refractivity contribution in [3.63, 3.8) is 0 Å². The van der Waals surface area contributed by atoms with Gasteiger partial charge in [-0.15, -0.1) is 11.6 Å². The van der Waals surface area contributed by atoms with Crippen LogP contribution in [-0.2, 0) is 0 Å². The van der Waals surface area contributed by atoms with Crippen LogP contribution in [0.25, 0.3) is 0 Å². The Labute approximate surface area is 102 Å². The van der Waals surface area contributed by atoms with Crippen LogP contribution in [0.3, 0.4) is 0 Å². The fourth-order valence-corrected chi connectivity index (χ4v) is 2.12. The molecule has 2 heteroatoms. The molecule has 0 spiro atoms. The molecule has 0 aliphatic carbocycles. The molecule has 0 amide bonds. The summed E-state index contributed by atoms with van der Waals surface area (Å²) in [6.07, 6.45) is 10.4. The highest BCUT2D eigenvalue weighted by molar-refractivity contribution is 6.17. The minimum Gasteiger partial charge on any atom is -0.330 e. The highest BCUT2D eigenvalue weighted by atomic mass is 35.5. The number of hydrogen-bond donors (Lipinski definition) is 1. The lowest BCUT2D eigenvalue weighted by molar-refractivity contribution is 0.394. The third kappa shape index (κ3) is 12.2. The molecule has 0 rings (SSSR count). The van der Waals surface area contributed by atoms with Crippen LogP contribution in [-0.4, -0.2) is 12.4 Å². The molecular formula is C13H30ClN. The first kappa shape index (κ1) is 17.6. The van der Waals surface area contributed by atoms with Crippen LogP contribution in [0.1, 0.15) is 65.7 Å². The minimum absolute atomic E-state index is 0. The summed E-state index contributed by atoms with van der Waals surface area (Å²) in [6, 6.07) is 0. The highest BCUT2D eigenvalue weighted by Gasteiger charge is 2.06. The Balaban J connectivity index is 0. The summed E-state index contributed by atoms with van der Waals surface area (Å²) in [5.41, 5.74) is 5.47. The Morgan fingerprint density at radius 2 is 1.67 bits per heavy atom. The standard InChI is InChI=1S/C12H26ClN.CH4/c1-2-7-12(9-6-10-13)8-4-3-5-11-14;/h12H,2-11,14H2,1H3;1H4. The molecule has 0 aliphatic rings. The molecule has 0 fully saturated rings. The first-order valence-corrected chi connectivity index (χ1v) is 6.64. The van der Waals surface area contributed by atoms with E-state index in [0.29, 0.717) is 0 Å². The Bertz CT molecular complexity index is 107. The Hall–Kier alpha value is 0.250. The molecule has 0 aromatic rings. The molecule has 1 nitrogen and oxygen atoms in total. The molecular weight excluding hydrogens is 206 g/mol. The van der Waals surface area contributed by atoms with Crippen LogP contribution in [0.5, 0.6) is 0 Å². The number of alkyl halides is 1. The zero-order valence-corrected chi connectivity index (χ0v) is 10.4. The van der Waals surface area contributed by atoms with Gasteiger partial charge < -0.3 is 5.73 Å². The molecule has 0 saturated heterocycles. The predicted molar refractivity (Wildman–Crippen MR) is 72.6 cm³/mol. The molecule has 0 aromatic heterocycles. The number of hydrogen-bond acceptors (Lipinski definition) is 1. The van der Waals surface area contributed by atoms with Crippen molar-refractivity contribution in [3.8, 4) is 0 Å². The lowest BCUT2D eigenvalue weighted by Gasteiger charge is -2.14. The van der Waals surface area contributed by atoms with Crippen LogP contribution < -0.4 is 5.73 Å². The topological polar surface area (TPSA) is 26.0 Å². The fourth-order valence-electron chi connectivity index (χ4n) is 1.96. The third-order valence-electron chi connectivity index (χ3n) is 2.76. The van der Waals surface area contributed by atoms with Gasteiger partial charge in [0.25, 0.3) is 0 Å². The first-order valence-electron chi connectivity index (χ1n) is 6.11. The van der Waals surface area contributed by atoms with E-state index in [1.165, 1.54) is 51.4 Å². The lowest BCUT2D eigenvalue weighted by atomic mass is 9.92. The van der Waals surface area contributed by atoms with Crippen molar-refractivity contribution in [1.82, 2.24) is 0 Å². The van der Waals surface area contributed by atoms with Crippen LogP contribution in [0.15, 0.2) is 0 Å². The molecule has 0 aromatic carbocycles. The van der Waals surface area contributed by atoms with Crippen molar-refractivity contribution in [1.29, 1.82) is 0 Å². The third-order valence-corrected chi connectivity index (χ3v) is 3.03. The van der Waals surface area contributed by atoms with Crippen molar-refractivity contribution < 1.29 is 0 Å². The summed E-state index contributed by atoms with van der Waals surface area (Å²) in [5.74, 6) is 1.74. The van der Waals surface area contributed by atoms with E-state index in [9.17, 15) is 0 Å². The lowest BCUT2D eigenvalue weighted by Crippen LogP contribution is -2.02. The van der Waals surface area contributed by atoms with E-state index in [0.717, 1.165) is 18.3 Å². The molecule has 15 heavy (non-hydrogen) atoms. The Kier molecular flexibility index (Phi) is 16.8. The second-order valence-corrected chi connectivity index (χ2v) is 4.50. The quantitative estimate of drug-likeness (QED) is 0.436. The molecule has 0 radical (unpaired) electrons. The summed E-state index contributed by atoms with van der Waals surface area (Å²) < 4.78 is 0. The van der Waals surface area contributed by atoms with E-state index in [-0.39, 0.29) is 7.43 Å². The first-order chi connectivity index (χ1) is 6.85. The van der Waals surface area contributed by atoms with Crippen LogP contribution in [0.2, 0.25) is 0 Å². The van der Waals surface area contributed by atoms with Gasteiger partial charge >= 0.3 is 0 Å². The van der Waals surface area contributed by atoms with Gasteiger partial charge in [0.15, 0.2) is 0 Å². The number of unbranched alkanes of at least 4 members (excludes halogenated alkanes) is 2. The maximum atomic E-state index is 5.71. The Morgan fingerprint density at radius 3 is 2.20 bits per heavy atom. The van der Waals surface area contributed by atoms with Crippen LogP contribution in [0, 0.1) is 5.92 Å². The largest absolute Gasteiger partial charge is 0.330 e. The van der Waals surface area contributed by atoms with E-state index in [4.69, 9.17) is 17.3 Å². The molecule has 0 aliphatic heterocycles. The minimum atomic E-state index is 0. The van der Waals surface area contributed by atoms with Gasteiger partial charge in [0, 0.05) is 5.88 Å². The van der Waals surface area contributed by atoms with E-state index in [2.05, 4.69) is 6.92 Å². The average Bonchev–Trinajstić information content (AvgIpc) is 2.20. The average molecular weight is 236 g/mol. The second-order valence-electron chi connectivity index (χ2n) is 4.12. The fraction of sp³-hybridized carbons (Fsp3) is 1.00. The molecule has 94 valence electrons. The zero-order chi connectivity index (χ0) is 10.6. The van der Waals surface area contributed by atoms with Gasteiger partial charge in [0.05, 0.1) is 0 Å². The number of rotatable bonds is 10. The van der Waals surface area contributed by atoms with Crippen molar-refractivity contribution in [2.75, 3.05) is 12.4 Å². The maximum Gasteiger partial charge on any atom is 0.0223 e. The smallest absolute Gasteiger partial charge is 0.0223 e. The molecule has 1 unspecified atom stereocenters. The van der Waals surface area contributed by atoms with E-state index in [1.807, 2.05) is 0 Å². The van der Waals surface area contributed by atoms with Gasteiger partial charge in [-0.3, -0.25) is 0 Å². The predicted octanol–water partition coefficient (Wildman–Crippen LogP) is 4.58. The van der Waals surface area contributed by atoms with Gasteiger partial charge in [-0.05, 0) is 31.7 Å². The van der Waals surface area contributed by atoms with Gasteiger partial charge in [-0.2, -0.15) is 0 Å². The van der Waals surface area contributed by atoms with Crippen LogP contribution in [0.4, 0.5) is 0 Å². The van der Waals surface area contributed by atoms with Gasteiger partial charge in [0.2, 0.25) is 0 Å². The van der Waals surface area contributed by atoms with Gasteiger partial charge in [-0.25, -0.2) is 0 Å². The summed E-state index contributed by atoms with van der Waals surface area (Å²) in [5, 5.41) is 0. The summed E-state index contributed by atoms with van der Waals surface area (Å²) in [6.45, 7) is 3.12. The molecule has 2 N–H and O–H groups in total. The van der Waals surface area contributed by atoms with Crippen molar-refractivity contribution in [3.05, 3.63) is 0 Å². The van der Waals surface area contributed by atoms with E-state index >= 15 is 0 Å². The highest BCUT2D eigenvalue weighted by Crippen LogP contribution is 2.20.